The molecule has 104 valence electrons. The molecule has 6 heteroatoms. The van der Waals surface area contributed by atoms with Crippen LogP contribution in [0.15, 0.2) is 0 Å². The molecule has 0 bridgehead atoms. The van der Waals surface area contributed by atoms with Crippen LogP contribution in [0.25, 0.3) is 0 Å². The first-order valence-corrected chi connectivity index (χ1v) is 7.63. The predicted octanol–water partition coefficient (Wildman–Crippen LogP) is 1.38. The third-order valence-electron chi connectivity index (χ3n) is 3.25. The zero-order chi connectivity index (χ0) is 13.5. The van der Waals surface area contributed by atoms with E-state index in [1.807, 2.05) is 28.5 Å². The number of rotatable bonds is 4. The number of halogens is 1. The van der Waals surface area contributed by atoms with E-state index in [1.165, 1.54) is 0 Å². The Kier molecular flexibility index (Phi) is 6.46. The Bertz CT molecular complexity index is 287. The van der Waals surface area contributed by atoms with Gasteiger partial charge in [-0.2, -0.15) is 0 Å². The van der Waals surface area contributed by atoms with E-state index in [-0.39, 0.29) is 11.9 Å². The van der Waals surface area contributed by atoms with E-state index < -0.39 is 0 Å². The highest BCUT2D eigenvalue weighted by atomic mass is 79.9. The van der Waals surface area contributed by atoms with Crippen molar-refractivity contribution in [2.24, 2.45) is 0 Å². The quantitative estimate of drug-likeness (QED) is 0.735. The molecule has 0 spiro atoms. The summed E-state index contributed by atoms with van der Waals surface area (Å²) in [5.74, 6) is 0.168. The van der Waals surface area contributed by atoms with Gasteiger partial charge in [0, 0.05) is 51.0 Å². The Morgan fingerprint density at radius 1 is 1.06 bits per heavy atom. The summed E-state index contributed by atoms with van der Waals surface area (Å²) >= 11 is 3.27. The molecule has 0 aromatic rings. The number of amides is 3. The Morgan fingerprint density at radius 3 is 2.00 bits per heavy atom. The van der Waals surface area contributed by atoms with Crippen molar-refractivity contribution >= 4 is 27.9 Å². The van der Waals surface area contributed by atoms with E-state index in [0.717, 1.165) is 13.1 Å². The maximum Gasteiger partial charge on any atom is 0.320 e. The van der Waals surface area contributed by atoms with Crippen LogP contribution in [-0.2, 0) is 4.79 Å². The van der Waals surface area contributed by atoms with Crippen LogP contribution < -0.4 is 0 Å². The smallest absolute Gasteiger partial charge is 0.320 e. The number of carbonyl (C=O) groups excluding carboxylic acids is 2. The SMILES string of the molecule is CCN(CC)C(=O)N1CCN(C(=O)CCBr)CC1. The molecule has 1 rings (SSSR count). The van der Waals surface area contributed by atoms with Gasteiger partial charge in [0.2, 0.25) is 5.91 Å². The standard InChI is InChI=1S/C12H22BrN3O2/c1-3-14(4-2)12(18)16-9-7-15(8-10-16)11(17)5-6-13/h3-10H2,1-2H3. The number of hydrogen-bond donors (Lipinski definition) is 0. The van der Waals surface area contributed by atoms with Gasteiger partial charge in [-0.1, -0.05) is 15.9 Å². The molecule has 0 radical (unpaired) electrons. The lowest BCUT2D eigenvalue weighted by molar-refractivity contribution is -0.132. The molecule has 5 nitrogen and oxygen atoms in total. The van der Waals surface area contributed by atoms with Gasteiger partial charge in [-0.3, -0.25) is 4.79 Å². The zero-order valence-electron chi connectivity index (χ0n) is 11.2. The normalized spacial score (nSPS) is 15.7. The topological polar surface area (TPSA) is 43.9 Å². The van der Waals surface area contributed by atoms with Crippen LogP contribution in [0.4, 0.5) is 4.79 Å². The minimum atomic E-state index is 0.0904. The van der Waals surface area contributed by atoms with Crippen LogP contribution in [-0.4, -0.2) is 71.2 Å². The molecule has 1 saturated heterocycles. The van der Waals surface area contributed by atoms with Crippen molar-refractivity contribution in [1.82, 2.24) is 14.7 Å². The maximum absolute atomic E-state index is 12.1. The predicted molar refractivity (Wildman–Crippen MR) is 74.9 cm³/mol. The first-order chi connectivity index (χ1) is 8.63. The largest absolute Gasteiger partial charge is 0.339 e. The van der Waals surface area contributed by atoms with Crippen LogP contribution in [0.2, 0.25) is 0 Å². The highest BCUT2D eigenvalue weighted by molar-refractivity contribution is 9.09. The van der Waals surface area contributed by atoms with Gasteiger partial charge in [-0.25, -0.2) is 4.79 Å². The van der Waals surface area contributed by atoms with E-state index in [9.17, 15) is 9.59 Å². The highest BCUT2D eigenvalue weighted by Crippen LogP contribution is 2.07. The lowest BCUT2D eigenvalue weighted by Gasteiger charge is -2.37. The van der Waals surface area contributed by atoms with E-state index in [1.54, 1.807) is 0 Å². The molecule has 0 aromatic heterocycles. The summed E-state index contributed by atoms with van der Waals surface area (Å²) in [6, 6.07) is 0.0904. The number of carbonyl (C=O) groups is 2. The van der Waals surface area contributed by atoms with Crippen LogP contribution in [0.5, 0.6) is 0 Å². The van der Waals surface area contributed by atoms with Crippen molar-refractivity contribution in [3.63, 3.8) is 0 Å². The van der Waals surface area contributed by atoms with Crippen molar-refractivity contribution in [3.8, 4) is 0 Å². The molecule has 1 aliphatic heterocycles. The average Bonchev–Trinajstić information content (AvgIpc) is 2.40. The number of nitrogens with zero attached hydrogens (tertiary/aromatic N) is 3. The molecule has 0 aromatic carbocycles. The van der Waals surface area contributed by atoms with E-state index in [4.69, 9.17) is 0 Å². The molecule has 0 saturated carbocycles. The van der Waals surface area contributed by atoms with Gasteiger partial charge in [0.05, 0.1) is 0 Å². The minimum Gasteiger partial charge on any atom is -0.339 e. The molecule has 0 aliphatic carbocycles. The number of hydrogen-bond acceptors (Lipinski definition) is 2. The van der Waals surface area contributed by atoms with Crippen molar-refractivity contribution in [3.05, 3.63) is 0 Å². The molecule has 1 heterocycles. The molecular formula is C12H22BrN3O2. The fourth-order valence-corrected chi connectivity index (χ4v) is 2.42. The Morgan fingerprint density at radius 2 is 1.56 bits per heavy atom. The average molecular weight is 320 g/mol. The summed E-state index contributed by atoms with van der Waals surface area (Å²) in [5.41, 5.74) is 0. The van der Waals surface area contributed by atoms with Crippen LogP contribution in [0, 0.1) is 0 Å². The molecule has 0 unspecified atom stereocenters. The first-order valence-electron chi connectivity index (χ1n) is 6.51. The number of piperazine rings is 1. The van der Waals surface area contributed by atoms with Gasteiger partial charge < -0.3 is 14.7 Å². The molecule has 0 atom stereocenters. The first kappa shape index (κ1) is 15.3. The van der Waals surface area contributed by atoms with Gasteiger partial charge in [-0.15, -0.1) is 0 Å². The molecule has 1 fully saturated rings. The van der Waals surface area contributed by atoms with Gasteiger partial charge in [0.25, 0.3) is 0 Å². The number of alkyl halides is 1. The van der Waals surface area contributed by atoms with Gasteiger partial charge in [-0.05, 0) is 13.8 Å². The summed E-state index contributed by atoms with van der Waals surface area (Å²) in [5, 5.41) is 0.699. The second-order valence-electron chi connectivity index (χ2n) is 4.26. The van der Waals surface area contributed by atoms with Gasteiger partial charge >= 0.3 is 6.03 Å². The van der Waals surface area contributed by atoms with Crippen LogP contribution in [0.3, 0.4) is 0 Å². The summed E-state index contributed by atoms with van der Waals surface area (Å²) < 4.78 is 0. The van der Waals surface area contributed by atoms with Crippen molar-refractivity contribution < 1.29 is 9.59 Å². The fraction of sp³-hybridized carbons (Fsp3) is 0.833. The summed E-state index contributed by atoms with van der Waals surface area (Å²) in [6.07, 6.45) is 0.532. The summed E-state index contributed by atoms with van der Waals surface area (Å²) in [4.78, 5) is 29.3. The highest BCUT2D eigenvalue weighted by Gasteiger charge is 2.25. The fourth-order valence-electron chi connectivity index (χ4n) is 2.08. The second-order valence-corrected chi connectivity index (χ2v) is 5.05. The lowest BCUT2D eigenvalue weighted by Crippen LogP contribution is -2.54. The van der Waals surface area contributed by atoms with Crippen molar-refractivity contribution in [2.45, 2.75) is 20.3 Å². The monoisotopic (exact) mass is 319 g/mol. The summed E-state index contributed by atoms with van der Waals surface area (Å²) in [7, 11) is 0. The van der Waals surface area contributed by atoms with Gasteiger partial charge in [0.1, 0.15) is 0 Å². The zero-order valence-corrected chi connectivity index (χ0v) is 12.8. The van der Waals surface area contributed by atoms with Crippen LogP contribution >= 0.6 is 15.9 Å². The molecular weight excluding hydrogens is 298 g/mol. The van der Waals surface area contributed by atoms with Crippen LogP contribution in [0.1, 0.15) is 20.3 Å². The Labute approximate surface area is 117 Å². The van der Waals surface area contributed by atoms with E-state index in [2.05, 4.69) is 15.9 Å². The number of urea groups is 1. The molecule has 1 aliphatic rings. The van der Waals surface area contributed by atoms with E-state index in [0.29, 0.717) is 37.9 Å². The molecule has 3 amide bonds. The Hall–Kier alpha value is -0.780. The molecule has 0 N–H and O–H groups in total. The van der Waals surface area contributed by atoms with Crippen molar-refractivity contribution in [1.29, 1.82) is 0 Å². The van der Waals surface area contributed by atoms with Crippen molar-refractivity contribution in [2.75, 3.05) is 44.6 Å². The van der Waals surface area contributed by atoms with E-state index >= 15 is 0 Å². The minimum absolute atomic E-state index is 0.0904. The summed E-state index contributed by atoms with van der Waals surface area (Å²) in [6.45, 7) is 8.02. The molecule has 18 heavy (non-hydrogen) atoms. The second kappa shape index (κ2) is 7.61. The Balaban J connectivity index is 2.43. The van der Waals surface area contributed by atoms with Gasteiger partial charge in [0.15, 0.2) is 0 Å². The maximum atomic E-state index is 12.1. The lowest BCUT2D eigenvalue weighted by atomic mass is 10.3. The third-order valence-corrected chi connectivity index (χ3v) is 3.64. The third kappa shape index (κ3) is 3.86.